The van der Waals surface area contributed by atoms with Gasteiger partial charge in [-0.25, -0.2) is 9.67 Å². The third-order valence-corrected chi connectivity index (χ3v) is 5.24. The molecule has 0 radical (unpaired) electrons. The third kappa shape index (κ3) is 3.80. The Morgan fingerprint density at radius 2 is 1.88 bits per heavy atom. The number of hydrogen-bond donors (Lipinski definition) is 1. The lowest BCUT2D eigenvalue weighted by Crippen LogP contribution is -2.23. The molecule has 0 bridgehead atoms. The van der Waals surface area contributed by atoms with Gasteiger partial charge in [0.2, 0.25) is 5.91 Å². The summed E-state index contributed by atoms with van der Waals surface area (Å²) in [6, 6.07) is 13.1. The fraction of sp³-hybridized carbons (Fsp3) is 0.217. The average molecular weight is 431 g/mol. The Morgan fingerprint density at radius 3 is 2.69 bits per heavy atom. The number of anilines is 1. The number of aromatic nitrogens is 4. The van der Waals surface area contributed by atoms with Gasteiger partial charge < -0.3 is 14.8 Å². The van der Waals surface area contributed by atoms with Gasteiger partial charge in [-0.2, -0.15) is 5.10 Å². The first kappa shape index (κ1) is 19.8. The SMILES string of the molecule is Cc1ccc(-n2ncc3c(=O)n(CCC(=O)Nc4ccc5c(c4)OCCO5)cnc32)cc1. The molecule has 1 aliphatic rings. The van der Waals surface area contributed by atoms with Gasteiger partial charge in [0.25, 0.3) is 5.56 Å². The Morgan fingerprint density at radius 1 is 1.09 bits per heavy atom. The zero-order valence-corrected chi connectivity index (χ0v) is 17.4. The number of aryl methyl sites for hydroxylation is 2. The fourth-order valence-electron chi connectivity index (χ4n) is 3.55. The second-order valence-corrected chi connectivity index (χ2v) is 7.53. The van der Waals surface area contributed by atoms with Gasteiger partial charge >= 0.3 is 0 Å². The summed E-state index contributed by atoms with van der Waals surface area (Å²) in [6.45, 7) is 3.19. The van der Waals surface area contributed by atoms with Gasteiger partial charge in [-0.15, -0.1) is 0 Å². The van der Waals surface area contributed by atoms with E-state index in [1.54, 1.807) is 22.9 Å². The summed E-state index contributed by atoms with van der Waals surface area (Å²) in [6.07, 6.45) is 3.08. The van der Waals surface area contributed by atoms with E-state index in [-0.39, 0.29) is 24.4 Å². The molecule has 32 heavy (non-hydrogen) atoms. The van der Waals surface area contributed by atoms with Crippen molar-refractivity contribution in [2.45, 2.75) is 19.9 Å². The Labute approximate surface area is 183 Å². The predicted octanol–water partition coefficient (Wildman–Crippen LogP) is 2.69. The molecule has 9 heteroatoms. The lowest BCUT2D eigenvalue weighted by molar-refractivity contribution is -0.116. The van der Waals surface area contributed by atoms with E-state index in [2.05, 4.69) is 15.4 Å². The van der Waals surface area contributed by atoms with Crippen molar-refractivity contribution >= 4 is 22.6 Å². The number of carbonyl (C=O) groups excluding carboxylic acids is 1. The van der Waals surface area contributed by atoms with Crippen molar-refractivity contribution in [2.75, 3.05) is 18.5 Å². The van der Waals surface area contributed by atoms with Gasteiger partial charge in [0, 0.05) is 24.7 Å². The van der Waals surface area contributed by atoms with Gasteiger partial charge in [-0.3, -0.25) is 14.2 Å². The van der Waals surface area contributed by atoms with E-state index in [0.29, 0.717) is 41.4 Å². The normalized spacial score (nSPS) is 12.7. The van der Waals surface area contributed by atoms with Crippen molar-refractivity contribution in [1.82, 2.24) is 19.3 Å². The number of hydrogen-bond acceptors (Lipinski definition) is 6. The van der Waals surface area contributed by atoms with Crippen molar-refractivity contribution in [3.05, 3.63) is 70.9 Å². The zero-order chi connectivity index (χ0) is 22.1. The second kappa shape index (κ2) is 8.18. The number of ether oxygens (including phenoxy) is 2. The minimum atomic E-state index is -0.236. The maximum Gasteiger partial charge on any atom is 0.264 e. The van der Waals surface area contributed by atoms with Crippen LogP contribution >= 0.6 is 0 Å². The smallest absolute Gasteiger partial charge is 0.264 e. The zero-order valence-electron chi connectivity index (χ0n) is 17.4. The Kier molecular flexibility index (Phi) is 5.06. The third-order valence-electron chi connectivity index (χ3n) is 5.24. The molecule has 0 saturated carbocycles. The number of benzene rings is 2. The van der Waals surface area contributed by atoms with Crippen molar-refractivity contribution in [1.29, 1.82) is 0 Å². The Hall–Kier alpha value is -4.14. The molecule has 0 spiro atoms. The maximum atomic E-state index is 12.9. The van der Waals surface area contributed by atoms with Crippen molar-refractivity contribution < 1.29 is 14.3 Å². The Bertz CT molecular complexity index is 1360. The van der Waals surface area contributed by atoms with Crippen molar-refractivity contribution in [3.63, 3.8) is 0 Å². The van der Waals surface area contributed by atoms with E-state index in [1.165, 1.54) is 17.1 Å². The summed E-state index contributed by atoms with van der Waals surface area (Å²) in [4.78, 5) is 29.7. The molecule has 162 valence electrons. The summed E-state index contributed by atoms with van der Waals surface area (Å²) in [5.74, 6) is 1.04. The predicted molar refractivity (Wildman–Crippen MR) is 119 cm³/mol. The number of nitrogens with one attached hydrogen (secondary N) is 1. The van der Waals surface area contributed by atoms with E-state index < -0.39 is 0 Å². The van der Waals surface area contributed by atoms with Gasteiger partial charge in [-0.05, 0) is 31.2 Å². The van der Waals surface area contributed by atoms with Crippen LogP contribution in [-0.4, -0.2) is 38.5 Å². The van der Waals surface area contributed by atoms with E-state index in [4.69, 9.17) is 9.47 Å². The highest BCUT2D eigenvalue weighted by atomic mass is 16.6. The van der Waals surface area contributed by atoms with Crippen molar-refractivity contribution in [2.24, 2.45) is 0 Å². The molecule has 3 heterocycles. The summed E-state index contributed by atoms with van der Waals surface area (Å²) >= 11 is 0. The first-order chi connectivity index (χ1) is 15.6. The van der Waals surface area contributed by atoms with Crippen LogP contribution in [0.5, 0.6) is 11.5 Å². The minimum Gasteiger partial charge on any atom is -0.486 e. The summed E-state index contributed by atoms with van der Waals surface area (Å²) in [5.41, 5.74) is 2.82. The van der Waals surface area contributed by atoms with Gasteiger partial charge in [0.05, 0.1) is 18.2 Å². The van der Waals surface area contributed by atoms with Crippen LogP contribution in [0.3, 0.4) is 0 Å². The van der Waals surface area contributed by atoms with E-state index >= 15 is 0 Å². The molecule has 9 nitrogen and oxygen atoms in total. The molecule has 1 amide bonds. The first-order valence-corrected chi connectivity index (χ1v) is 10.3. The lowest BCUT2D eigenvalue weighted by Gasteiger charge is -2.19. The van der Waals surface area contributed by atoms with Crippen LogP contribution in [0.4, 0.5) is 5.69 Å². The molecule has 1 aliphatic heterocycles. The summed E-state index contributed by atoms with van der Waals surface area (Å²) in [7, 11) is 0. The first-order valence-electron chi connectivity index (χ1n) is 10.3. The van der Waals surface area contributed by atoms with Crippen LogP contribution in [0.2, 0.25) is 0 Å². The molecule has 4 aromatic rings. The standard InChI is InChI=1S/C23H21N5O4/c1-15-2-5-17(6-3-15)28-22-18(13-25-28)23(30)27(14-24-22)9-8-21(29)26-16-4-7-19-20(12-16)32-11-10-31-19/h2-7,12-14H,8-11H2,1H3,(H,26,29). The van der Waals surface area contributed by atoms with Gasteiger partial charge in [0.1, 0.15) is 18.6 Å². The topological polar surface area (TPSA) is 100 Å². The highest BCUT2D eigenvalue weighted by Crippen LogP contribution is 2.32. The lowest BCUT2D eigenvalue weighted by atomic mass is 10.2. The van der Waals surface area contributed by atoms with Crippen LogP contribution in [-0.2, 0) is 11.3 Å². The molecule has 0 saturated heterocycles. The molecule has 1 N–H and O–H groups in total. The van der Waals surface area contributed by atoms with Crippen LogP contribution in [0.25, 0.3) is 16.7 Å². The molecule has 2 aromatic heterocycles. The highest BCUT2D eigenvalue weighted by Gasteiger charge is 2.14. The average Bonchev–Trinajstić information content (AvgIpc) is 3.24. The molecule has 2 aromatic carbocycles. The molecule has 0 unspecified atom stereocenters. The monoisotopic (exact) mass is 431 g/mol. The minimum absolute atomic E-state index is 0.119. The van der Waals surface area contributed by atoms with E-state index in [9.17, 15) is 9.59 Å². The number of amides is 1. The van der Waals surface area contributed by atoms with Crippen molar-refractivity contribution in [3.8, 4) is 17.2 Å². The Balaban J connectivity index is 1.29. The molecule has 0 fully saturated rings. The number of carbonyl (C=O) groups is 1. The quantitative estimate of drug-likeness (QED) is 0.522. The van der Waals surface area contributed by atoms with Gasteiger partial charge in [0.15, 0.2) is 17.1 Å². The van der Waals surface area contributed by atoms with Crippen LogP contribution in [0.1, 0.15) is 12.0 Å². The fourth-order valence-corrected chi connectivity index (χ4v) is 3.55. The highest BCUT2D eigenvalue weighted by molar-refractivity contribution is 5.91. The summed E-state index contributed by atoms with van der Waals surface area (Å²) in [5, 5.41) is 7.55. The molecular weight excluding hydrogens is 410 g/mol. The second-order valence-electron chi connectivity index (χ2n) is 7.53. The van der Waals surface area contributed by atoms with Crippen LogP contribution in [0, 0.1) is 6.92 Å². The number of fused-ring (bicyclic) bond motifs is 2. The van der Waals surface area contributed by atoms with E-state index in [1.807, 2.05) is 31.2 Å². The van der Waals surface area contributed by atoms with Crippen LogP contribution in [0.15, 0.2) is 59.8 Å². The summed E-state index contributed by atoms with van der Waals surface area (Å²) < 4.78 is 14.1. The number of rotatable bonds is 5. The van der Waals surface area contributed by atoms with Crippen LogP contribution < -0.4 is 20.3 Å². The molecular formula is C23H21N5O4. The largest absolute Gasteiger partial charge is 0.486 e. The molecule has 5 rings (SSSR count). The van der Waals surface area contributed by atoms with E-state index in [0.717, 1.165) is 11.3 Å². The maximum absolute atomic E-state index is 12.9. The molecule has 0 aliphatic carbocycles. The van der Waals surface area contributed by atoms with Gasteiger partial charge in [-0.1, -0.05) is 17.7 Å². The number of nitrogens with zero attached hydrogens (tertiary/aromatic N) is 4. The molecule has 0 atom stereocenters.